The van der Waals surface area contributed by atoms with Gasteiger partial charge in [-0.25, -0.2) is 0 Å². The number of ketones is 1. The second-order valence-electron chi connectivity index (χ2n) is 4.54. The number of Topliss-reactive ketones (excluding diaryl/α,β-unsaturated/α-hetero) is 1. The largest absolute Gasteiger partial charge is 0.486 e. The molecule has 0 saturated heterocycles. The van der Waals surface area contributed by atoms with Gasteiger partial charge in [0.1, 0.15) is 11.9 Å². The minimum Gasteiger partial charge on any atom is -0.486 e. The molecule has 1 aromatic rings. The Hall–Kier alpha value is -1.32. The van der Waals surface area contributed by atoms with Gasteiger partial charge in [-0.1, -0.05) is 6.92 Å². The molecule has 1 aliphatic carbocycles. The van der Waals surface area contributed by atoms with Crippen LogP contribution in [-0.4, -0.2) is 21.7 Å². The van der Waals surface area contributed by atoms with E-state index in [9.17, 15) is 4.79 Å². The van der Waals surface area contributed by atoms with Crippen molar-refractivity contribution >= 4 is 5.78 Å². The second kappa shape index (κ2) is 3.92. The molecule has 2 unspecified atom stereocenters. The fraction of sp³-hybridized carbons (Fsp3) is 0.667. The number of aromatic nitrogens is 2. The average molecular weight is 222 g/mol. The third kappa shape index (κ3) is 1.62. The number of carbonyl (C=O) groups excluding carboxylic acids is 1. The van der Waals surface area contributed by atoms with Gasteiger partial charge in [0.2, 0.25) is 0 Å². The van der Waals surface area contributed by atoms with Crippen LogP contribution in [0.2, 0.25) is 0 Å². The number of aryl methyl sites for hydroxylation is 1. The molecule has 1 saturated carbocycles. The van der Waals surface area contributed by atoms with Gasteiger partial charge < -0.3 is 4.74 Å². The molecule has 0 bridgehead atoms. The molecule has 1 aliphatic rings. The summed E-state index contributed by atoms with van der Waals surface area (Å²) in [6.45, 7) is 6.87. The lowest BCUT2D eigenvalue weighted by Gasteiger charge is -2.43. The molecule has 0 amide bonds. The van der Waals surface area contributed by atoms with E-state index in [2.05, 4.69) is 5.10 Å². The summed E-state index contributed by atoms with van der Waals surface area (Å²) in [7, 11) is 0. The number of carbonyl (C=O) groups is 1. The molecule has 4 heteroatoms. The Bertz CT molecular complexity index is 399. The molecule has 0 aromatic carbocycles. The quantitative estimate of drug-likeness (QED) is 0.783. The normalized spacial score (nSPS) is 28.9. The van der Waals surface area contributed by atoms with Crippen molar-refractivity contribution in [2.45, 2.75) is 46.3 Å². The average Bonchev–Trinajstić information content (AvgIpc) is 2.75. The zero-order valence-corrected chi connectivity index (χ0v) is 10.1. The minimum absolute atomic E-state index is 0.0134. The molecule has 0 radical (unpaired) electrons. The predicted octanol–water partition coefficient (Wildman–Crippen LogP) is 2.04. The molecule has 0 aliphatic heterocycles. The van der Waals surface area contributed by atoms with Crippen LogP contribution in [0.4, 0.5) is 0 Å². The number of ether oxygens (including phenoxy) is 1. The molecule has 4 nitrogen and oxygen atoms in total. The maximum atomic E-state index is 11.5. The van der Waals surface area contributed by atoms with Crippen molar-refractivity contribution in [3.8, 4) is 5.75 Å². The first-order chi connectivity index (χ1) is 7.60. The predicted molar refractivity (Wildman–Crippen MR) is 60.3 cm³/mol. The standard InChI is InChI=1S/C12H18N2O2/c1-4-12(3)10(15)6-11(12)16-9-7-13-14(5-2)8-9/h7-8,11H,4-6H2,1-3H3. The molecule has 1 heterocycles. The Morgan fingerprint density at radius 1 is 1.62 bits per heavy atom. The molecule has 0 spiro atoms. The van der Waals surface area contributed by atoms with Crippen LogP contribution in [-0.2, 0) is 11.3 Å². The lowest BCUT2D eigenvalue weighted by Crippen LogP contribution is -2.54. The van der Waals surface area contributed by atoms with Gasteiger partial charge in [-0.2, -0.15) is 5.10 Å². The molecule has 88 valence electrons. The van der Waals surface area contributed by atoms with E-state index < -0.39 is 0 Å². The van der Waals surface area contributed by atoms with Gasteiger partial charge in [0, 0.05) is 13.0 Å². The van der Waals surface area contributed by atoms with E-state index in [0.717, 1.165) is 18.7 Å². The van der Waals surface area contributed by atoms with Crippen LogP contribution in [0.25, 0.3) is 0 Å². The summed E-state index contributed by atoms with van der Waals surface area (Å²) < 4.78 is 7.62. The van der Waals surface area contributed by atoms with Gasteiger partial charge in [-0.3, -0.25) is 9.48 Å². The van der Waals surface area contributed by atoms with Gasteiger partial charge in [-0.15, -0.1) is 0 Å². The van der Waals surface area contributed by atoms with E-state index in [1.807, 2.05) is 31.6 Å². The van der Waals surface area contributed by atoms with Crippen LogP contribution in [0.3, 0.4) is 0 Å². The van der Waals surface area contributed by atoms with Crippen LogP contribution in [0.15, 0.2) is 12.4 Å². The number of hydrogen-bond donors (Lipinski definition) is 0. The summed E-state index contributed by atoms with van der Waals surface area (Å²) >= 11 is 0. The summed E-state index contributed by atoms with van der Waals surface area (Å²) in [4.78, 5) is 11.5. The Morgan fingerprint density at radius 2 is 2.38 bits per heavy atom. The summed E-state index contributed by atoms with van der Waals surface area (Å²) in [6.07, 6.45) is 4.96. The summed E-state index contributed by atoms with van der Waals surface area (Å²) in [5.41, 5.74) is -0.297. The highest BCUT2D eigenvalue weighted by atomic mass is 16.5. The highest BCUT2D eigenvalue weighted by molar-refractivity contribution is 5.92. The van der Waals surface area contributed by atoms with Crippen LogP contribution >= 0.6 is 0 Å². The molecular weight excluding hydrogens is 204 g/mol. The SMILES string of the molecule is CCn1cc(OC2CC(=O)C2(C)CC)cn1. The van der Waals surface area contributed by atoms with Gasteiger partial charge >= 0.3 is 0 Å². The molecule has 1 aromatic heterocycles. The maximum absolute atomic E-state index is 11.5. The first-order valence-corrected chi connectivity index (χ1v) is 5.82. The fourth-order valence-corrected chi connectivity index (χ4v) is 2.01. The van der Waals surface area contributed by atoms with E-state index in [4.69, 9.17) is 4.74 Å². The van der Waals surface area contributed by atoms with Crippen molar-refractivity contribution in [2.75, 3.05) is 0 Å². The number of hydrogen-bond acceptors (Lipinski definition) is 3. The van der Waals surface area contributed by atoms with Crippen LogP contribution in [0.5, 0.6) is 5.75 Å². The van der Waals surface area contributed by atoms with Crippen molar-refractivity contribution in [3.63, 3.8) is 0 Å². The lowest BCUT2D eigenvalue weighted by atomic mass is 9.64. The van der Waals surface area contributed by atoms with Gasteiger partial charge in [0.25, 0.3) is 0 Å². The van der Waals surface area contributed by atoms with Crippen molar-refractivity contribution in [2.24, 2.45) is 5.41 Å². The first-order valence-electron chi connectivity index (χ1n) is 5.82. The van der Waals surface area contributed by atoms with Gasteiger partial charge in [-0.05, 0) is 20.3 Å². The Balaban J connectivity index is 2.03. The van der Waals surface area contributed by atoms with E-state index in [-0.39, 0.29) is 11.5 Å². The lowest BCUT2D eigenvalue weighted by molar-refractivity contribution is -0.150. The minimum atomic E-state index is -0.297. The van der Waals surface area contributed by atoms with Crippen molar-refractivity contribution in [3.05, 3.63) is 12.4 Å². The highest BCUT2D eigenvalue weighted by Gasteiger charge is 2.51. The van der Waals surface area contributed by atoms with Crippen LogP contribution in [0, 0.1) is 5.41 Å². The third-order valence-corrected chi connectivity index (χ3v) is 3.66. The molecule has 16 heavy (non-hydrogen) atoms. The summed E-state index contributed by atoms with van der Waals surface area (Å²) in [6, 6.07) is 0. The van der Waals surface area contributed by atoms with E-state index in [1.54, 1.807) is 6.20 Å². The highest BCUT2D eigenvalue weighted by Crippen LogP contribution is 2.42. The molecule has 2 atom stereocenters. The Kier molecular flexibility index (Phi) is 2.74. The topological polar surface area (TPSA) is 44.1 Å². The van der Waals surface area contributed by atoms with Gasteiger partial charge in [0.15, 0.2) is 5.75 Å². The van der Waals surface area contributed by atoms with Gasteiger partial charge in [0.05, 0.1) is 17.8 Å². The van der Waals surface area contributed by atoms with Crippen molar-refractivity contribution < 1.29 is 9.53 Å². The molecule has 0 N–H and O–H groups in total. The summed E-state index contributed by atoms with van der Waals surface area (Å²) in [5, 5.41) is 4.15. The zero-order valence-electron chi connectivity index (χ0n) is 10.1. The Morgan fingerprint density at radius 3 is 2.88 bits per heavy atom. The zero-order chi connectivity index (χ0) is 11.8. The molecule has 1 fully saturated rings. The van der Waals surface area contributed by atoms with E-state index in [1.165, 1.54) is 0 Å². The van der Waals surface area contributed by atoms with Crippen LogP contribution in [0.1, 0.15) is 33.6 Å². The first kappa shape index (κ1) is 11.2. The fourth-order valence-electron chi connectivity index (χ4n) is 2.01. The number of nitrogens with zero attached hydrogens (tertiary/aromatic N) is 2. The van der Waals surface area contributed by atoms with E-state index in [0.29, 0.717) is 12.2 Å². The summed E-state index contributed by atoms with van der Waals surface area (Å²) in [5.74, 6) is 1.07. The van der Waals surface area contributed by atoms with E-state index >= 15 is 0 Å². The monoisotopic (exact) mass is 222 g/mol. The number of rotatable bonds is 4. The molecular formula is C12H18N2O2. The third-order valence-electron chi connectivity index (χ3n) is 3.66. The Labute approximate surface area is 95.6 Å². The maximum Gasteiger partial charge on any atom is 0.157 e. The van der Waals surface area contributed by atoms with Crippen molar-refractivity contribution in [1.82, 2.24) is 9.78 Å². The van der Waals surface area contributed by atoms with Crippen molar-refractivity contribution in [1.29, 1.82) is 0 Å². The smallest absolute Gasteiger partial charge is 0.157 e. The molecule has 2 rings (SSSR count). The van der Waals surface area contributed by atoms with Crippen LogP contribution < -0.4 is 4.74 Å². The second-order valence-corrected chi connectivity index (χ2v) is 4.54.